The van der Waals surface area contributed by atoms with Gasteiger partial charge in [0.1, 0.15) is 0 Å². The van der Waals surface area contributed by atoms with Crippen LogP contribution in [0.4, 0.5) is 5.69 Å². The summed E-state index contributed by atoms with van der Waals surface area (Å²) in [5.74, 6) is 0.0186. The fraction of sp³-hybridized carbons (Fsp3) is 0.0588. The van der Waals surface area contributed by atoms with Crippen molar-refractivity contribution in [3.63, 3.8) is 0 Å². The number of aromatic nitrogens is 2. The minimum atomic E-state index is 0.0186. The van der Waals surface area contributed by atoms with Crippen molar-refractivity contribution in [1.82, 2.24) is 9.61 Å². The largest absolute Gasteiger partial charge is 0.304 e. The summed E-state index contributed by atoms with van der Waals surface area (Å²) in [4.78, 5) is 14.5. The van der Waals surface area contributed by atoms with Crippen molar-refractivity contribution in [3.05, 3.63) is 72.1 Å². The highest BCUT2D eigenvalue weighted by atomic mass is 16.2. The van der Waals surface area contributed by atoms with E-state index < -0.39 is 0 Å². The third-order valence-corrected chi connectivity index (χ3v) is 3.72. The van der Waals surface area contributed by atoms with Crippen LogP contribution < -0.4 is 4.90 Å². The first-order valence-electron chi connectivity index (χ1n) is 6.84. The molecule has 1 aliphatic heterocycles. The van der Waals surface area contributed by atoms with Crippen LogP contribution in [0.15, 0.2) is 60.9 Å². The Kier molecular flexibility index (Phi) is 2.60. The van der Waals surface area contributed by atoms with Gasteiger partial charge in [0.05, 0.1) is 17.4 Å². The number of benzene rings is 1. The van der Waals surface area contributed by atoms with E-state index in [4.69, 9.17) is 0 Å². The van der Waals surface area contributed by atoms with Crippen molar-refractivity contribution < 1.29 is 4.79 Å². The van der Waals surface area contributed by atoms with Crippen LogP contribution in [0.1, 0.15) is 15.9 Å². The van der Waals surface area contributed by atoms with Crippen molar-refractivity contribution in [2.24, 2.45) is 0 Å². The Morgan fingerprint density at radius 2 is 1.95 bits per heavy atom. The van der Waals surface area contributed by atoms with Gasteiger partial charge in [0.2, 0.25) is 0 Å². The molecule has 102 valence electrons. The van der Waals surface area contributed by atoms with E-state index in [9.17, 15) is 4.79 Å². The lowest BCUT2D eigenvalue weighted by Gasteiger charge is -2.26. The van der Waals surface area contributed by atoms with Crippen LogP contribution in [0, 0.1) is 0 Å². The highest BCUT2D eigenvalue weighted by Crippen LogP contribution is 2.30. The van der Waals surface area contributed by atoms with Gasteiger partial charge < -0.3 is 4.90 Å². The molecule has 1 aliphatic rings. The Balaban J connectivity index is 1.84. The van der Waals surface area contributed by atoms with Crippen LogP contribution in [0.2, 0.25) is 0 Å². The molecular weight excluding hydrogens is 262 g/mol. The molecule has 3 heterocycles. The average Bonchev–Trinajstić information content (AvgIpc) is 3.03. The number of rotatable bonds is 1. The van der Waals surface area contributed by atoms with Crippen molar-refractivity contribution in [2.45, 2.75) is 0 Å². The zero-order valence-electron chi connectivity index (χ0n) is 11.3. The van der Waals surface area contributed by atoms with Gasteiger partial charge in [-0.25, -0.2) is 4.52 Å². The first kappa shape index (κ1) is 11.9. The summed E-state index contributed by atoms with van der Waals surface area (Å²) in [5, 5.41) is 4.23. The molecule has 1 amide bonds. The first-order chi connectivity index (χ1) is 10.3. The van der Waals surface area contributed by atoms with Crippen LogP contribution in [-0.4, -0.2) is 22.1 Å². The summed E-state index contributed by atoms with van der Waals surface area (Å²) in [5.41, 5.74) is 3.67. The number of fused-ring (bicyclic) bond motifs is 3. The van der Waals surface area contributed by atoms with Crippen molar-refractivity contribution in [2.75, 3.05) is 11.4 Å². The van der Waals surface area contributed by atoms with Crippen LogP contribution in [0.3, 0.4) is 0 Å². The maximum absolute atomic E-state index is 12.7. The highest BCUT2D eigenvalue weighted by molar-refractivity contribution is 6.08. The summed E-state index contributed by atoms with van der Waals surface area (Å²) in [6.45, 7) is 0.588. The van der Waals surface area contributed by atoms with E-state index in [1.807, 2.05) is 59.3 Å². The average molecular weight is 275 g/mol. The van der Waals surface area contributed by atoms with Gasteiger partial charge in [0.25, 0.3) is 5.91 Å². The predicted molar refractivity (Wildman–Crippen MR) is 82.3 cm³/mol. The van der Waals surface area contributed by atoms with Gasteiger partial charge in [-0.2, -0.15) is 5.10 Å². The molecule has 4 heteroatoms. The molecule has 1 aromatic carbocycles. The SMILES string of the molecule is O=C(c1ccccc1)N1CC=Cc2c1ccn1nccc21. The molecular formula is C17H13N3O. The summed E-state index contributed by atoms with van der Waals surface area (Å²) in [6, 6.07) is 13.3. The zero-order chi connectivity index (χ0) is 14.2. The molecule has 0 fully saturated rings. The molecule has 0 radical (unpaired) electrons. The smallest absolute Gasteiger partial charge is 0.258 e. The van der Waals surface area contributed by atoms with Gasteiger partial charge in [-0.15, -0.1) is 0 Å². The monoisotopic (exact) mass is 275 g/mol. The number of carbonyl (C=O) groups excluding carboxylic acids is 1. The van der Waals surface area contributed by atoms with Gasteiger partial charge in [-0.05, 0) is 24.3 Å². The lowest BCUT2D eigenvalue weighted by molar-refractivity contribution is 0.0989. The number of carbonyl (C=O) groups is 1. The Labute approximate surface area is 121 Å². The molecule has 0 saturated heterocycles. The molecule has 0 unspecified atom stereocenters. The fourth-order valence-corrected chi connectivity index (χ4v) is 2.72. The second-order valence-electron chi connectivity index (χ2n) is 4.96. The minimum absolute atomic E-state index is 0.0186. The Morgan fingerprint density at radius 3 is 2.81 bits per heavy atom. The maximum Gasteiger partial charge on any atom is 0.258 e. The lowest BCUT2D eigenvalue weighted by atomic mass is 10.1. The van der Waals surface area contributed by atoms with E-state index >= 15 is 0 Å². The van der Waals surface area contributed by atoms with Gasteiger partial charge in [0.15, 0.2) is 0 Å². The van der Waals surface area contributed by atoms with Crippen molar-refractivity contribution >= 4 is 23.2 Å². The van der Waals surface area contributed by atoms with Crippen LogP contribution in [-0.2, 0) is 0 Å². The summed E-state index contributed by atoms with van der Waals surface area (Å²) < 4.78 is 1.82. The van der Waals surface area contributed by atoms with Gasteiger partial charge in [-0.1, -0.05) is 30.4 Å². The maximum atomic E-state index is 12.7. The Bertz CT molecular complexity index is 849. The van der Waals surface area contributed by atoms with E-state index in [0.29, 0.717) is 12.1 Å². The van der Waals surface area contributed by atoms with E-state index in [2.05, 4.69) is 11.2 Å². The molecule has 21 heavy (non-hydrogen) atoms. The van der Waals surface area contributed by atoms with Crippen LogP contribution >= 0.6 is 0 Å². The third kappa shape index (κ3) is 1.84. The first-order valence-corrected chi connectivity index (χ1v) is 6.84. The minimum Gasteiger partial charge on any atom is -0.304 e. The van der Waals surface area contributed by atoms with E-state index in [1.165, 1.54) is 0 Å². The van der Waals surface area contributed by atoms with E-state index in [-0.39, 0.29) is 5.91 Å². The summed E-state index contributed by atoms with van der Waals surface area (Å²) in [7, 11) is 0. The number of hydrogen-bond acceptors (Lipinski definition) is 2. The number of hydrogen-bond donors (Lipinski definition) is 0. The molecule has 0 N–H and O–H groups in total. The molecule has 4 rings (SSSR count). The quantitative estimate of drug-likeness (QED) is 0.684. The Hall–Kier alpha value is -2.88. The number of anilines is 1. The van der Waals surface area contributed by atoms with Crippen molar-refractivity contribution in [3.8, 4) is 0 Å². The second kappa shape index (κ2) is 4.59. The number of pyridine rings is 1. The molecule has 4 nitrogen and oxygen atoms in total. The zero-order valence-corrected chi connectivity index (χ0v) is 11.3. The number of amides is 1. The van der Waals surface area contributed by atoms with Gasteiger partial charge in [0, 0.05) is 23.9 Å². The van der Waals surface area contributed by atoms with Crippen LogP contribution in [0.25, 0.3) is 11.6 Å². The van der Waals surface area contributed by atoms with Gasteiger partial charge >= 0.3 is 0 Å². The lowest BCUT2D eigenvalue weighted by Crippen LogP contribution is -2.33. The van der Waals surface area contributed by atoms with E-state index in [0.717, 1.165) is 16.8 Å². The highest BCUT2D eigenvalue weighted by Gasteiger charge is 2.22. The summed E-state index contributed by atoms with van der Waals surface area (Å²) >= 11 is 0. The summed E-state index contributed by atoms with van der Waals surface area (Å²) in [6.07, 6.45) is 7.72. The molecule has 0 bridgehead atoms. The Morgan fingerprint density at radius 1 is 1.10 bits per heavy atom. The molecule has 0 aliphatic carbocycles. The normalized spacial score (nSPS) is 13.4. The molecule has 0 saturated carbocycles. The van der Waals surface area contributed by atoms with Crippen molar-refractivity contribution in [1.29, 1.82) is 0 Å². The number of nitrogens with zero attached hydrogens (tertiary/aromatic N) is 3. The fourth-order valence-electron chi connectivity index (χ4n) is 2.72. The van der Waals surface area contributed by atoms with Crippen LogP contribution in [0.5, 0.6) is 0 Å². The standard InChI is InChI=1S/C17H13N3O/c21-17(13-5-2-1-3-6-13)19-11-4-7-14-15(19)9-12-20-16(14)8-10-18-20/h1-10,12H,11H2. The second-order valence-corrected chi connectivity index (χ2v) is 4.96. The molecule has 0 spiro atoms. The van der Waals surface area contributed by atoms with E-state index in [1.54, 1.807) is 11.1 Å². The van der Waals surface area contributed by atoms with Gasteiger partial charge in [-0.3, -0.25) is 4.79 Å². The molecule has 3 aromatic rings. The predicted octanol–water partition coefficient (Wildman–Crippen LogP) is 3.01. The molecule has 0 atom stereocenters. The topological polar surface area (TPSA) is 37.6 Å². The third-order valence-electron chi connectivity index (χ3n) is 3.72. The molecule has 2 aromatic heterocycles.